The predicted octanol–water partition coefficient (Wildman–Crippen LogP) is 3.10. The average Bonchev–Trinajstić information content (AvgIpc) is 2.50. The summed E-state index contributed by atoms with van der Waals surface area (Å²) in [5.41, 5.74) is 1.42. The number of carbonyl (C=O) groups is 1. The minimum absolute atomic E-state index is 0.278. The number of sulfonamides is 1. The lowest BCUT2D eigenvalue weighted by Gasteiger charge is -2.17. The van der Waals surface area contributed by atoms with Crippen molar-refractivity contribution < 1.29 is 13.2 Å². The Bertz CT molecular complexity index is 888. The van der Waals surface area contributed by atoms with Gasteiger partial charge in [0.1, 0.15) is 5.82 Å². The van der Waals surface area contributed by atoms with E-state index in [2.05, 4.69) is 10.3 Å². The first kappa shape index (κ1) is 19.7. The topological polar surface area (TPSA) is 79.4 Å². The summed E-state index contributed by atoms with van der Waals surface area (Å²) in [6, 6.07) is 8.10. The molecule has 1 aromatic carbocycles. The highest BCUT2D eigenvalue weighted by atomic mass is 35.5. The standard InChI is InChI=1S/C16H17Cl2N3O3S/c1-11-5-6-19-15(7-11)20-16(22)9-21(2)25(23,24)10-12-3-4-13(17)14(18)8-12/h3-8H,9-10H2,1-2H3,(H,19,20,22). The molecule has 0 bridgehead atoms. The summed E-state index contributed by atoms with van der Waals surface area (Å²) < 4.78 is 25.8. The second kappa shape index (κ2) is 8.14. The number of pyridine rings is 1. The number of likely N-dealkylation sites (N-methyl/N-ethyl adjacent to an activating group) is 1. The van der Waals surface area contributed by atoms with Crippen LogP contribution in [0.25, 0.3) is 0 Å². The van der Waals surface area contributed by atoms with Gasteiger partial charge in [-0.1, -0.05) is 29.3 Å². The molecule has 0 saturated carbocycles. The van der Waals surface area contributed by atoms with E-state index >= 15 is 0 Å². The van der Waals surface area contributed by atoms with Crippen LogP contribution in [0.15, 0.2) is 36.5 Å². The fourth-order valence-electron chi connectivity index (χ4n) is 2.04. The molecule has 6 nitrogen and oxygen atoms in total. The fraction of sp³-hybridized carbons (Fsp3) is 0.250. The average molecular weight is 402 g/mol. The molecule has 1 aromatic heterocycles. The van der Waals surface area contributed by atoms with Gasteiger partial charge in [-0.2, -0.15) is 4.31 Å². The Morgan fingerprint density at radius 3 is 2.56 bits per heavy atom. The molecule has 134 valence electrons. The van der Waals surface area contributed by atoms with Crippen molar-refractivity contribution in [3.8, 4) is 0 Å². The first-order valence-corrected chi connectivity index (χ1v) is 9.64. The molecule has 1 amide bonds. The van der Waals surface area contributed by atoms with Crippen molar-refractivity contribution in [1.29, 1.82) is 0 Å². The van der Waals surface area contributed by atoms with E-state index in [1.165, 1.54) is 19.2 Å². The maximum Gasteiger partial charge on any atom is 0.240 e. The van der Waals surface area contributed by atoms with Crippen molar-refractivity contribution in [2.45, 2.75) is 12.7 Å². The van der Waals surface area contributed by atoms with Gasteiger partial charge >= 0.3 is 0 Å². The molecule has 25 heavy (non-hydrogen) atoms. The van der Waals surface area contributed by atoms with Crippen LogP contribution in [0, 0.1) is 6.92 Å². The Morgan fingerprint density at radius 1 is 1.20 bits per heavy atom. The van der Waals surface area contributed by atoms with Crippen molar-refractivity contribution in [3.05, 3.63) is 57.7 Å². The molecule has 0 atom stereocenters. The van der Waals surface area contributed by atoms with Gasteiger partial charge in [0.25, 0.3) is 0 Å². The number of halogens is 2. The van der Waals surface area contributed by atoms with E-state index in [0.717, 1.165) is 9.87 Å². The summed E-state index contributed by atoms with van der Waals surface area (Å²) in [4.78, 5) is 16.0. The number of aryl methyl sites for hydroxylation is 1. The number of anilines is 1. The van der Waals surface area contributed by atoms with Crippen LogP contribution in [0.2, 0.25) is 10.0 Å². The number of rotatable bonds is 6. The Hall–Kier alpha value is -1.67. The minimum atomic E-state index is -3.69. The van der Waals surface area contributed by atoms with Gasteiger partial charge in [-0.25, -0.2) is 13.4 Å². The van der Waals surface area contributed by atoms with Gasteiger partial charge in [-0.3, -0.25) is 4.79 Å². The number of carbonyl (C=O) groups excluding carboxylic acids is 1. The van der Waals surface area contributed by atoms with Crippen LogP contribution in [-0.4, -0.2) is 37.2 Å². The number of nitrogens with zero attached hydrogens (tertiary/aromatic N) is 2. The molecule has 0 spiro atoms. The largest absolute Gasteiger partial charge is 0.310 e. The normalized spacial score (nSPS) is 11.6. The van der Waals surface area contributed by atoms with Crippen LogP contribution in [0.5, 0.6) is 0 Å². The van der Waals surface area contributed by atoms with E-state index < -0.39 is 15.9 Å². The second-order valence-corrected chi connectivity index (χ2v) is 8.42. The molecule has 2 aromatic rings. The molecule has 9 heteroatoms. The van der Waals surface area contributed by atoms with Crippen molar-refractivity contribution >= 4 is 45.0 Å². The van der Waals surface area contributed by atoms with Crippen molar-refractivity contribution in [2.24, 2.45) is 0 Å². The van der Waals surface area contributed by atoms with Gasteiger partial charge in [0.05, 0.1) is 22.3 Å². The third-order valence-corrected chi connectivity index (χ3v) is 5.87. The quantitative estimate of drug-likeness (QED) is 0.806. The Kier molecular flexibility index (Phi) is 6.40. The summed E-state index contributed by atoms with van der Waals surface area (Å²) in [6.45, 7) is 1.55. The highest BCUT2D eigenvalue weighted by Crippen LogP contribution is 2.24. The molecule has 1 N–H and O–H groups in total. The summed E-state index contributed by atoms with van der Waals surface area (Å²) in [6.07, 6.45) is 1.57. The molecular formula is C16H17Cl2N3O3S. The maximum absolute atomic E-state index is 12.4. The van der Waals surface area contributed by atoms with E-state index in [0.29, 0.717) is 16.4 Å². The molecule has 1 heterocycles. The molecule has 0 aliphatic heterocycles. The molecule has 0 aliphatic rings. The van der Waals surface area contributed by atoms with Crippen LogP contribution >= 0.6 is 23.2 Å². The number of nitrogens with one attached hydrogen (secondary N) is 1. The zero-order valence-electron chi connectivity index (χ0n) is 13.7. The lowest BCUT2D eigenvalue weighted by Crippen LogP contribution is -2.35. The van der Waals surface area contributed by atoms with Crippen LogP contribution in [0.4, 0.5) is 5.82 Å². The van der Waals surface area contributed by atoms with Crippen LogP contribution in [0.3, 0.4) is 0 Å². The summed E-state index contributed by atoms with van der Waals surface area (Å²) >= 11 is 11.7. The Balaban J connectivity index is 2.01. The molecular weight excluding hydrogens is 385 g/mol. The first-order chi connectivity index (χ1) is 11.7. The van der Waals surface area contributed by atoms with Gasteiger partial charge in [0, 0.05) is 13.2 Å². The number of hydrogen-bond donors (Lipinski definition) is 1. The molecule has 0 aliphatic carbocycles. The zero-order chi connectivity index (χ0) is 18.6. The van der Waals surface area contributed by atoms with Crippen molar-refractivity contribution in [2.75, 3.05) is 18.9 Å². The van der Waals surface area contributed by atoms with E-state index in [1.807, 2.05) is 6.92 Å². The van der Waals surface area contributed by atoms with Gasteiger partial charge in [-0.05, 0) is 42.3 Å². The Labute approximate surface area is 156 Å². The monoisotopic (exact) mass is 401 g/mol. The fourth-order valence-corrected chi connectivity index (χ4v) is 3.49. The van der Waals surface area contributed by atoms with Gasteiger partial charge in [-0.15, -0.1) is 0 Å². The number of hydrogen-bond acceptors (Lipinski definition) is 4. The van der Waals surface area contributed by atoms with Crippen LogP contribution in [-0.2, 0) is 20.6 Å². The van der Waals surface area contributed by atoms with Gasteiger partial charge in [0.15, 0.2) is 0 Å². The molecule has 0 radical (unpaired) electrons. The summed E-state index contributed by atoms with van der Waals surface area (Å²) in [7, 11) is -2.34. The highest BCUT2D eigenvalue weighted by Gasteiger charge is 2.21. The number of aromatic nitrogens is 1. The van der Waals surface area contributed by atoms with Crippen LogP contribution in [0.1, 0.15) is 11.1 Å². The molecule has 0 unspecified atom stereocenters. The second-order valence-electron chi connectivity index (χ2n) is 5.53. The maximum atomic E-state index is 12.4. The third-order valence-electron chi connectivity index (χ3n) is 3.36. The summed E-state index contributed by atoms with van der Waals surface area (Å²) in [5, 5.41) is 3.20. The lowest BCUT2D eigenvalue weighted by molar-refractivity contribution is -0.116. The van der Waals surface area contributed by atoms with Gasteiger partial charge < -0.3 is 5.32 Å². The Morgan fingerprint density at radius 2 is 1.92 bits per heavy atom. The summed E-state index contributed by atoms with van der Waals surface area (Å²) in [5.74, 6) is -0.380. The number of benzene rings is 1. The highest BCUT2D eigenvalue weighted by molar-refractivity contribution is 7.88. The smallest absolute Gasteiger partial charge is 0.240 e. The van der Waals surface area contributed by atoms with Crippen molar-refractivity contribution in [3.63, 3.8) is 0 Å². The van der Waals surface area contributed by atoms with Crippen LogP contribution < -0.4 is 5.32 Å². The predicted molar refractivity (Wildman–Crippen MR) is 99.3 cm³/mol. The molecule has 2 rings (SSSR count). The number of amides is 1. The lowest BCUT2D eigenvalue weighted by atomic mass is 10.2. The molecule has 0 fully saturated rings. The van der Waals surface area contributed by atoms with E-state index in [4.69, 9.17) is 23.2 Å². The van der Waals surface area contributed by atoms with E-state index in [-0.39, 0.29) is 17.3 Å². The van der Waals surface area contributed by atoms with E-state index in [9.17, 15) is 13.2 Å². The third kappa shape index (κ3) is 5.67. The van der Waals surface area contributed by atoms with Crippen molar-refractivity contribution in [1.82, 2.24) is 9.29 Å². The first-order valence-electron chi connectivity index (χ1n) is 7.28. The van der Waals surface area contributed by atoms with E-state index in [1.54, 1.807) is 24.4 Å². The minimum Gasteiger partial charge on any atom is -0.310 e. The SMILES string of the molecule is Cc1ccnc(NC(=O)CN(C)S(=O)(=O)Cc2ccc(Cl)c(Cl)c2)c1. The zero-order valence-corrected chi connectivity index (χ0v) is 16.0. The van der Waals surface area contributed by atoms with Gasteiger partial charge in [0.2, 0.25) is 15.9 Å². The molecule has 0 saturated heterocycles.